The van der Waals surface area contributed by atoms with Crippen molar-refractivity contribution in [2.45, 2.75) is 12.5 Å². The van der Waals surface area contributed by atoms with Crippen LogP contribution in [0.1, 0.15) is 5.56 Å². The molecule has 0 saturated carbocycles. The lowest BCUT2D eigenvalue weighted by atomic mass is 10.1. The van der Waals surface area contributed by atoms with Gasteiger partial charge in [0, 0.05) is 21.9 Å². The van der Waals surface area contributed by atoms with Gasteiger partial charge >= 0.3 is 0 Å². The largest absolute Gasteiger partial charge is 0.488 e. The van der Waals surface area contributed by atoms with Crippen LogP contribution in [0, 0.1) is 0 Å². The zero-order valence-corrected chi connectivity index (χ0v) is 9.99. The summed E-state index contributed by atoms with van der Waals surface area (Å²) in [4.78, 5) is 2.71. The average molecular weight is 289 g/mol. The lowest BCUT2D eigenvalue weighted by Gasteiger charge is -2.07. The van der Waals surface area contributed by atoms with Crippen molar-refractivity contribution in [1.29, 1.82) is 0 Å². The predicted molar refractivity (Wildman–Crippen MR) is 61.3 cm³/mol. The second kappa shape index (κ2) is 4.31. The Bertz CT molecular complexity index is 445. The molecule has 78 valence electrons. The van der Waals surface area contributed by atoms with E-state index in [1.165, 1.54) is 0 Å². The van der Waals surface area contributed by atoms with Crippen molar-refractivity contribution >= 4 is 27.5 Å². The van der Waals surface area contributed by atoms with E-state index in [1.54, 1.807) is 6.07 Å². The molecule has 0 saturated heterocycles. The summed E-state index contributed by atoms with van der Waals surface area (Å²) in [5, 5.41) is 4.17. The molecule has 0 aliphatic carbocycles. The van der Waals surface area contributed by atoms with Crippen molar-refractivity contribution in [3.8, 4) is 5.75 Å². The molecule has 1 atom stereocenters. The van der Waals surface area contributed by atoms with Gasteiger partial charge in [-0.15, -0.1) is 0 Å². The average Bonchev–Trinajstić information content (AvgIpc) is 2.57. The molecule has 1 unspecified atom stereocenters. The van der Waals surface area contributed by atoms with Crippen LogP contribution < -0.4 is 4.74 Å². The van der Waals surface area contributed by atoms with Crippen molar-refractivity contribution in [1.82, 2.24) is 0 Å². The van der Waals surface area contributed by atoms with Gasteiger partial charge in [0.05, 0.1) is 11.0 Å². The highest BCUT2D eigenvalue weighted by molar-refractivity contribution is 9.10. The van der Waals surface area contributed by atoms with E-state index in [9.17, 15) is 0 Å². The van der Waals surface area contributed by atoms with E-state index >= 15 is 0 Å². The zero-order chi connectivity index (χ0) is 10.8. The SMILES string of the molecule is [N-]=[N+]=NCC1Cc2cc(Cl)cc(Br)c2O1. The van der Waals surface area contributed by atoms with Gasteiger partial charge in [-0.05, 0) is 33.6 Å². The fourth-order valence-electron chi connectivity index (χ4n) is 1.58. The number of azide groups is 1. The quantitative estimate of drug-likeness (QED) is 0.465. The molecule has 4 nitrogen and oxygen atoms in total. The van der Waals surface area contributed by atoms with Crippen LogP contribution in [0.15, 0.2) is 21.7 Å². The third-order valence-corrected chi connectivity index (χ3v) is 2.97. The molecule has 0 N–H and O–H groups in total. The minimum absolute atomic E-state index is 0.0781. The lowest BCUT2D eigenvalue weighted by Crippen LogP contribution is -2.16. The topological polar surface area (TPSA) is 58.0 Å². The number of ether oxygens (including phenoxy) is 1. The number of halogens is 2. The highest BCUT2D eigenvalue weighted by Crippen LogP contribution is 2.38. The van der Waals surface area contributed by atoms with Gasteiger partial charge in [-0.3, -0.25) is 0 Å². The van der Waals surface area contributed by atoms with Gasteiger partial charge in [0.2, 0.25) is 0 Å². The maximum absolute atomic E-state index is 8.21. The fraction of sp³-hybridized carbons (Fsp3) is 0.333. The first-order valence-electron chi connectivity index (χ1n) is 4.36. The van der Waals surface area contributed by atoms with Gasteiger partial charge in [-0.1, -0.05) is 16.7 Å². The molecule has 6 heteroatoms. The van der Waals surface area contributed by atoms with E-state index in [-0.39, 0.29) is 6.10 Å². The lowest BCUT2D eigenvalue weighted by molar-refractivity contribution is 0.240. The first kappa shape index (κ1) is 10.6. The number of rotatable bonds is 2. The van der Waals surface area contributed by atoms with Crippen LogP contribution in [-0.2, 0) is 6.42 Å². The van der Waals surface area contributed by atoms with Crippen molar-refractivity contribution < 1.29 is 4.74 Å². The van der Waals surface area contributed by atoms with Crippen molar-refractivity contribution in [2.24, 2.45) is 5.11 Å². The van der Waals surface area contributed by atoms with Crippen LogP contribution in [-0.4, -0.2) is 12.6 Å². The normalized spacial score (nSPS) is 17.9. The first-order chi connectivity index (χ1) is 7.20. The van der Waals surface area contributed by atoms with E-state index < -0.39 is 0 Å². The highest BCUT2D eigenvalue weighted by Gasteiger charge is 2.24. The Hall–Kier alpha value is -0.900. The van der Waals surface area contributed by atoms with Crippen LogP contribution >= 0.6 is 27.5 Å². The fourth-order valence-corrected chi connectivity index (χ4v) is 2.55. The smallest absolute Gasteiger partial charge is 0.137 e. The molecule has 0 fully saturated rings. The van der Waals surface area contributed by atoms with Crippen LogP contribution in [0.25, 0.3) is 10.4 Å². The number of benzene rings is 1. The monoisotopic (exact) mass is 287 g/mol. The number of hydrogen-bond acceptors (Lipinski definition) is 2. The second-order valence-electron chi connectivity index (χ2n) is 3.23. The summed E-state index contributed by atoms with van der Waals surface area (Å²) in [6, 6.07) is 3.66. The van der Waals surface area contributed by atoms with Crippen LogP contribution in [0.5, 0.6) is 5.75 Å². The van der Waals surface area contributed by atoms with Crippen molar-refractivity contribution in [3.05, 3.63) is 37.6 Å². The van der Waals surface area contributed by atoms with E-state index in [2.05, 4.69) is 26.0 Å². The Labute approximate surface area is 99.9 Å². The molecule has 0 spiro atoms. The summed E-state index contributed by atoms with van der Waals surface area (Å²) in [6.45, 7) is 0.342. The van der Waals surface area contributed by atoms with Crippen LogP contribution in [0.3, 0.4) is 0 Å². The Kier molecular flexibility index (Phi) is 3.05. The summed E-state index contributed by atoms with van der Waals surface area (Å²) in [5.41, 5.74) is 9.26. The summed E-state index contributed by atoms with van der Waals surface area (Å²) in [6.07, 6.45) is 0.652. The molecule has 0 bridgehead atoms. The molecule has 1 aliphatic heterocycles. The molecule has 0 amide bonds. The maximum Gasteiger partial charge on any atom is 0.137 e. The van der Waals surface area contributed by atoms with Gasteiger partial charge in [0.1, 0.15) is 11.9 Å². The van der Waals surface area contributed by atoms with E-state index in [0.717, 1.165) is 22.2 Å². The zero-order valence-electron chi connectivity index (χ0n) is 7.65. The Morgan fingerprint density at radius 1 is 1.67 bits per heavy atom. The molecule has 1 aliphatic rings. The number of nitrogens with zero attached hydrogens (tertiary/aromatic N) is 3. The van der Waals surface area contributed by atoms with Crippen molar-refractivity contribution in [3.63, 3.8) is 0 Å². The Morgan fingerprint density at radius 3 is 3.20 bits per heavy atom. The molecule has 15 heavy (non-hydrogen) atoms. The predicted octanol–water partition coefficient (Wildman–Crippen LogP) is 3.72. The molecule has 0 aromatic heterocycles. The minimum atomic E-state index is -0.0781. The molecule has 1 aromatic carbocycles. The summed E-state index contributed by atoms with van der Waals surface area (Å²) < 4.78 is 6.47. The molecule has 2 rings (SSSR count). The van der Waals surface area contributed by atoms with Gasteiger partial charge in [-0.25, -0.2) is 0 Å². The summed E-state index contributed by atoms with van der Waals surface area (Å²) >= 11 is 9.29. The summed E-state index contributed by atoms with van der Waals surface area (Å²) in [7, 11) is 0. The molecule has 1 heterocycles. The summed E-state index contributed by atoms with van der Waals surface area (Å²) in [5.74, 6) is 0.803. The third-order valence-electron chi connectivity index (χ3n) is 2.17. The van der Waals surface area contributed by atoms with Gasteiger partial charge in [0.15, 0.2) is 0 Å². The third kappa shape index (κ3) is 2.20. The van der Waals surface area contributed by atoms with Gasteiger partial charge in [-0.2, -0.15) is 0 Å². The first-order valence-corrected chi connectivity index (χ1v) is 5.53. The van der Waals surface area contributed by atoms with E-state index in [0.29, 0.717) is 11.6 Å². The van der Waals surface area contributed by atoms with Crippen LogP contribution in [0.2, 0.25) is 5.02 Å². The minimum Gasteiger partial charge on any atom is -0.488 e. The number of hydrogen-bond donors (Lipinski definition) is 0. The van der Waals surface area contributed by atoms with Gasteiger partial charge in [0.25, 0.3) is 0 Å². The van der Waals surface area contributed by atoms with E-state index in [1.807, 2.05) is 6.07 Å². The number of fused-ring (bicyclic) bond motifs is 1. The highest BCUT2D eigenvalue weighted by atomic mass is 79.9. The Morgan fingerprint density at radius 2 is 2.47 bits per heavy atom. The molecular weight excluding hydrogens is 281 g/mol. The molecular formula is C9H7BrClN3O. The van der Waals surface area contributed by atoms with Crippen molar-refractivity contribution in [2.75, 3.05) is 6.54 Å². The molecule has 0 radical (unpaired) electrons. The van der Waals surface area contributed by atoms with Gasteiger partial charge < -0.3 is 4.74 Å². The Balaban J connectivity index is 2.23. The second-order valence-corrected chi connectivity index (χ2v) is 4.52. The molecule has 1 aromatic rings. The standard InChI is InChI=1S/C9H7BrClN3O/c10-8-3-6(11)1-5-2-7(4-13-14-12)15-9(5)8/h1,3,7H,2,4H2. The maximum atomic E-state index is 8.21. The van der Waals surface area contributed by atoms with Crippen LogP contribution in [0.4, 0.5) is 0 Å². The van der Waals surface area contributed by atoms with E-state index in [4.69, 9.17) is 21.9 Å².